The second-order valence-corrected chi connectivity index (χ2v) is 6.05. The first-order chi connectivity index (χ1) is 10.8. The van der Waals surface area contributed by atoms with Crippen molar-refractivity contribution in [2.45, 2.75) is 51.6 Å². The van der Waals surface area contributed by atoms with Crippen molar-refractivity contribution in [3.63, 3.8) is 0 Å². The molecule has 1 aliphatic rings. The molecule has 0 saturated heterocycles. The van der Waals surface area contributed by atoms with E-state index in [0.29, 0.717) is 6.04 Å². The molecule has 0 atom stereocenters. The highest BCUT2D eigenvalue weighted by Crippen LogP contribution is 2.21. The summed E-state index contributed by atoms with van der Waals surface area (Å²) in [4.78, 5) is 8.66. The van der Waals surface area contributed by atoms with Crippen LogP contribution in [-0.4, -0.2) is 16.0 Å². The molecule has 2 aromatic rings. The summed E-state index contributed by atoms with van der Waals surface area (Å²) in [5.41, 5.74) is 2.59. The highest BCUT2D eigenvalue weighted by molar-refractivity contribution is 5.47. The van der Waals surface area contributed by atoms with Gasteiger partial charge >= 0.3 is 0 Å². The number of hydrogen-bond acceptors (Lipinski definition) is 4. The third-order valence-electron chi connectivity index (χ3n) is 4.35. The lowest BCUT2D eigenvalue weighted by Crippen LogP contribution is -2.22. The Morgan fingerprint density at radius 2 is 1.82 bits per heavy atom. The van der Waals surface area contributed by atoms with Gasteiger partial charge in [-0.05, 0) is 30.9 Å². The Hall–Kier alpha value is -2.10. The zero-order valence-electron chi connectivity index (χ0n) is 13.2. The van der Waals surface area contributed by atoms with E-state index < -0.39 is 0 Å². The molecule has 2 N–H and O–H groups in total. The summed E-state index contributed by atoms with van der Waals surface area (Å²) in [6, 6.07) is 11.0. The smallest absolute Gasteiger partial charge is 0.131 e. The van der Waals surface area contributed by atoms with Crippen molar-refractivity contribution in [1.82, 2.24) is 9.97 Å². The van der Waals surface area contributed by atoms with Crippen molar-refractivity contribution < 1.29 is 0 Å². The maximum absolute atomic E-state index is 4.34. The summed E-state index contributed by atoms with van der Waals surface area (Å²) in [7, 11) is 0. The standard InChI is InChI=1S/C18H24N4/c1-14-7-5-6-8-15(14)12-19-17-11-18(21-13-20-17)22-16-9-3-2-4-10-16/h5-8,11,13,16H,2-4,9-10,12H2,1H3,(H2,19,20,21,22). The van der Waals surface area contributed by atoms with Crippen LogP contribution in [0.2, 0.25) is 0 Å². The lowest BCUT2D eigenvalue weighted by molar-refractivity contribution is 0.462. The highest BCUT2D eigenvalue weighted by atomic mass is 15.1. The number of rotatable bonds is 5. The lowest BCUT2D eigenvalue weighted by Gasteiger charge is -2.23. The molecule has 0 spiro atoms. The largest absolute Gasteiger partial charge is 0.367 e. The molecule has 1 aromatic carbocycles. The zero-order chi connectivity index (χ0) is 15.2. The van der Waals surface area contributed by atoms with Gasteiger partial charge in [0.05, 0.1) is 0 Å². The molecular formula is C18H24N4. The molecule has 4 nitrogen and oxygen atoms in total. The van der Waals surface area contributed by atoms with Crippen molar-refractivity contribution in [3.8, 4) is 0 Å². The second kappa shape index (κ2) is 7.25. The van der Waals surface area contributed by atoms with Crippen LogP contribution in [0.5, 0.6) is 0 Å². The first kappa shape index (κ1) is 14.8. The van der Waals surface area contributed by atoms with Gasteiger partial charge in [0, 0.05) is 18.7 Å². The summed E-state index contributed by atoms with van der Waals surface area (Å²) in [5.74, 6) is 1.80. The van der Waals surface area contributed by atoms with E-state index in [2.05, 4.69) is 51.8 Å². The normalized spacial score (nSPS) is 15.5. The fourth-order valence-electron chi connectivity index (χ4n) is 2.98. The zero-order valence-corrected chi connectivity index (χ0v) is 13.2. The molecule has 1 fully saturated rings. The van der Waals surface area contributed by atoms with Crippen LogP contribution in [-0.2, 0) is 6.54 Å². The number of aryl methyl sites for hydroxylation is 1. The monoisotopic (exact) mass is 296 g/mol. The Morgan fingerprint density at radius 1 is 1.05 bits per heavy atom. The molecule has 0 radical (unpaired) electrons. The van der Waals surface area contributed by atoms with Crippen LogP contribution < -0.4 is 10.6 Å². The van der Waals surface area contributed by atoms with Gasteiger partial charge < -0.3 is 10.6 Å². The Morgan fingerprint density at radius 3 is 2.64 bits per heavy atom. The molecule has 1 saturated carbocycles. The third kappa shape index (κ3) is 3.97. The molecule has 4 heteroatoms. The van der Waals surface area contributed by atoms with E-state index >= 15 is 0 Å². The van der Waals surface area contributed by atoms with Gasteiger partial charge in [0.2, 0.25) is 0 Å². The van der Waals surface area contributed by atoms with E-state index in [1.807, 2.05) is 6.07 Å². The van der Waals surface area contributed by atoms with Gasteiger partial charge in [-0.15, -0.1) is 0 Å². The maximum atomic E-state index is 4.34. The summed E-state index contributed by atoms with van der Waals surface area (Å²) >= 11 is 0. The molecule has 116 valence electrons. The molecule has 1 heterocycles. The fourth-order valence-corrected chi connectivity index (χ4v) is 2.98. The molecule has 1 aliphatic carbocycles. The molecule has 0 unspecified atom stereocenters. The van der Waals surface area contributed by atoms with Gasteiger partial charge in [-0.3, -0.25) is 0 Å². The van der Waals surface area contributed by atoms with Crippen LogP contribution in [0, 0.1) is 6.92 Å². The number of anilines is 2. The number of benzene rings is 1. The minimum Gasteiger partial charge on any atom is -0.367 e. The van der Waals surface area contributed by atoms with Gasteiger partial charge in [0.25, 0.3) is 0 Å². The van der Waals surface area contributed by atoms with Crippen LogP contribution in [0.25, 0.3) is 0 Å². The Kier molecular flexibility index (Phi) is 4.88. The van der Waals surface area contributed by atoms with Gasteiger partial charge in [-0.25, -0.2) is 9.97 Å². The third-order valence-corrected chi connectivity index (χ3v) is 4.35. The van der Waals surface area contributed by atoms with E-state index in [9.17, 15) is 0 Å². The Balaban J connectivity index is 1.60. The SMILES string of the molecule is Cc1ccccc1CNc1cc(NC2CCCCC2)ncn1. The average molecular weight is 296 g/mol. The van der Waals surface area contributed by atoms with Crippen molar-refractivity contribution in [3.05, 3.63) is 47.8 Å². The summed E-state index contributed by atoms with van der Waals surface area (Å²) < 4.78 is 0. The summed E-state index contributed by atoms with van der Waals surface area (Å²) in [5, 5.41) is 6.93. The minimum atomic E-state index is 0.563. The molecule has 0 aliphatic heterocycles. The molecule has 0 amide bonds. The highest BCUT2D eigenvalue weighted by Gasteiger charge is 2.13. The molecule has 1 aromatic heterocycles. The topological polar surface area (TPSA) is 49.8 Å². The number of hydrogen-bond donors (Lipinski definition) is 2. The molecule has 22 heavy (non-hydrogen) atoms. The van der Waals surface area contributed by atoms with Gasteiger partial charge in [-0.1, -0.05) is 43.5 Å². The van der Waals surface area contributed by atoms with E-state index in [1.165, 1.54) is 43.2 Å². The first-order valence-electron chi connectivity index (χ1n) is 8.18. The molecular weight excluding hydrogens is 272 g/mol. The average Bonchev–Trinajstić information content (AvgIpc) is 2.55. The number of aromatic nitrogens is 2. The van der Waals surface area contributed by atoms with Crippen molar-refractivity contribution >= 4 is 11.6 Å². The number of nitrogens with one attached hydrogen (secondary N) is 2. The summed E-state index contributed by atoms with van der Waals surface area (Å²) in [6.07, 6.45) is 8.13. The number of nitrogens with zero attached hydrogens (tertiary/aromatic N) is 2. The van der Waals surface area contributed by atoms with Crippen LogP contribution in [0.3, 0.4) is 0 Å². The van der Waals surface area contributed by atoms with Crippen molar-refractivity contribution in [1.29, 1.82) is 0 Å². The quantitative estimate of drug-likeness (QED) is 0.870. The predicted molar refractivity (Wildman–Crippen MR) is 91.0 cm³/mol. The maximum Gasteiger partial charge on any atom is 0.131 e. The van der Waals surface area contributed by atoms with E-state index in [1.54, 1.807) is 6.33 Å². The van der Waals surface area contributed by atoms with Crippen molar-refractivity contribution in [2.24, 2.45) is 0 Å². The van der Waals surface area contributed by atoms with Crippen LogP contribution in [0.1, 0.15) is 43.2 Å². The van der Waals surface area contributed by atoms with E-state index in [0.717, 1.165) is 18.2 Å². The summed E-state index contributed by atoms with van der Waals surface area (Å²) in [6.45, 7) is 2.92. The van der Waals surface area contributed by atoms with E-state index in [4.69, 9.17) is 0 Å². The fraction of sp³-hybridized carbons (Fsp3) is 0.444. The first-order valence-corrected chi connectivity index (χ1v) is 8.18. The molecule has 3 rings (SSSR count). The Bertz CT molecular complexity index is 606. The van der Waals surface area contributed by atoms with Gasteiger partial charge in [0.1, 0.15) is 18.0 Å². The van der Waals surface area contributed by atoms with Gasteiger partial charge in [-0.2, -0.15) is 0 Å². The second-order valence-electron chi connectivity index (χ2n) is 6.05. The van der Waals surface area contributed by atoms with Crippen LogP contribution >= 0.6 is 0 Å². The minimum absolute atomic E-state index is 0.563. The predicted octanol–water partition coefficient (Wildman–Crippen LogP) is 4.14. The van der Waals surface area contributed by atoms with Crippen LogP contribution in [0.15, 0.2) is 36.7 Å². The van der Waals surface area contributed by atoms with Crippen LogP contribution in [0.4, 0.5) is 11.6 Å². The Labute approximate surface area is 132 Å². The lowest BCUT2D eigenvalue weighted by atomic mass is 9.95. The van der Waals surface area contributed by atoms with Crippen molar-refractivity contribution in [2.75, 3.05) is 10.6 Å². The molecule has 0 bridgehead atoms. The van der Waals surface area contributed by atoms with Gasteiger partial charge in [0.15, 0.2) is 0 Å². The van der Waals surface area contributed by atoms with E-state index in [-0.39, 0.29) is 0 Å².